The maximum absolute atomic E-state index is 12.0. The molecule has 3 saturated heterocycles. The molecule has 0 aromatic carbocycles. The number of carbonyl (C=O) groups is 1. The molecule has 3 aliphatic heterocycles. The van der Waals surface area contributed by atoms with Crippen LogP contribution in [0.1, 0.15) is 32.1 Å². The maximum Gasteiger partial charge on any atom is 0.224 e. The Morgan fingerprint density at radius 1 is 1.29 bits per heavy atom. The van der Waals surface area contributed by atoms with Gasteiger partial charge in [-0.05, 0) is 45.2 Å². The van der Waals surface area contributed by atoms with Crippen molar-refractivity contribution in [2.24, 2.45) is 5.92 Å². The summed E-state index contributed by atoms with van der Waals surface area (Å²) in [5.74, 6) is 0.524. The molecule has 0 aliphatic carbocycles. The van der Waals surface area contributed by atoms with E-state index >= 15 is 0 Å². The predicted molar refractivity (Wildman–Crippen MR) is 66.7 cm³/mol. The molecule has 17 heavy (non-hydrogen) atoms. The maximum atomic E-state index is 12.0. The first kappa shape index (κ1) is 11.5. The molecular formula is C13H23N3O. The molecule has 3 atom stereocenters. The van der Waals surface area contributed by atoms with Crippen LogP contribution >= 0.6 is 0 Å². The Labute approximate surface area is 103 Å². The van der Waals surface area contributed by atoms with Crippen LogP contribution in [0.15, 0.2) is 0 Å². The molecule has 3 fully saturated rings. The zero-order valence-corrected chi connectivity index (χ0v) is 10.5. The van der Waals surface area contributed by atoms with Crippen LogP contribution in [0, 0.1) is 5.92 Å². The highest BCUT2D eigenvalue weighted by Gasteiger charge is 2.42. The van der Waals surface area contributed by atoms with Crippen LogP contribution in [-0.2, 0) is 4.79 Å². The van der Waals surface area contributed by atoms with Gasteiger partial charge in [-0.3, -0.25) is 4.79 Å². The van der Waals surface area contributed by atoms with Crippen LogP contribution < -0.4 is 10.6 Å². The van der Waals surface area contributed by atoms with E-state index in [1.165, 1.54) is 38.8 Å². The van der Waals surface area contributed by atoms with Crippen molar-refractivity contribution in [3.05, 3.63) is 0 Å². The molecule has 1 amide bonds. The predicted octanol–water partition coefficient (Wildman–Crippen LogP) is 0.339. The lowest BCUT2D eigenvalue weighted by Gasteiger charge is -2.20. The van der Waals surface area contributed by atoms with E-state index in [4.69, 9.17) is 0 Å². The van der Waals surface area contributed by atoms with Crippen molar-refractivity contribution in [1.29, 1.82) is 0 Å². The van der Waals surface area contributed by atoms with Crippen molar-refractivity contribution in [2.75, 3.05) is 26.2 Å². The second-order valence-corrected chi connectivity index (χ2v) is 5.73. The van der Waals surface area contributed by atoms with Crippen molar-refractivity contribution < 1.29 is 4.79 Å². The summed E-state index contributed by atoms with van der Waals surface area (Å²) in [7, 11) is 0. The summed E-state index contributed by atoms with van der Waals surface area (Å²) in [4.78, 5) is 14.5. The van der Waals surface area contributed by atoms with E-state index in [0.717, 1.165) is 19.5 Å². The first-order valence-electron chi connectivity index (χ1n) is 7.09. The highest BCUT2D eigenvalue weighted by atomic mass is 16.1. The van der Waals surface area contributed by atoms with E-state index in [1.54, 1.807) is 0 Å². The van der Waals surface area contributed by atoms with Gasteiger partial charge in [-0.15, -0.1) is 0 Å². The molecule has 4 heteroatoms. The minimum absolute atomic E-state index is 0.243. The summed E-state index contributed by atoms with van der Waals surface area (Å²) in [6, 6.07) is 1.08. The monoisotopic (exact) mass is 237 g/mol. The number of nitrogens with one attached hydrogen (secondary N) is 2. The molecule has 0 spiro atoms. The number of carbonyl (C=O) groups excluding carboxylic acids is 1. The molecule has 3 rings (SSSR count). The van der Waals surface area contributed by atoms with E-state index in [1.807, 2.05) is 0 Å². The highest BCUT2D eigenvalue weighted by molar-refractivity contribution is 5.80. The van der Waals surface area contributed by atoms with Gasteiger partial charge in [-0.2, -0.15) is 0 Å². The fraction of sp³-hybridized carbons (Fsp3) is 0.923. The van der Waals surface area contributed by atoms with Gasteiger partial charge >= 0.3 is 0 Å². The molecule has 3 aliphatic rings. The second kappa shape index (κ2) is 4.94. The number of amides is 1. The summed E-state index contributed by atoms with van der Waals surface area (Å²) in [5.41, 5.74) is 0. The van der Waals surface area contributed by atoms with E-state index < -0.39 is 0 Å². The van der Waals surface area contributed by atoms with Crippen molar-refractivity contribution in [2.45, 2.75) is 44.2 Å². The Morgan fingerprint density at radius 2 is 2.12 bits per heavy atom. The van der Waals surface area contributed by atoms with Gasteiger partial charge in [0.2, 0.25) is 5.91 Å². The lowest BCUT2D eigenvalue weighted by atomic mass is 9.88. The zero-order valence-electron chi connectivity index (χ0n) is 10.5. The number of hydrogen-bond acceptors (Lipinski definition) is 3. The summed E-state index contributed by atoms with van der Waals surface area (Å²) in [6.07, 6.45) is 6.16. The van der Waals surface area contributed by atoms with E-state index in [0.29, 0.717) is 12.1 Å². The van der Waals surface area contributed by atoms with Gasteiger partial charge in [-0.1, -0.05) is 0 Å². The van der Waals surface area contributed by atoms with Crippen LogP contribution in [0.4, 0.5) is 0 Å². The Kier molecular flexibility index (Phi) is 3.34. The first-order valence-corrected chi connectivity index (χ1v) is 7.09. The number of nitrogens with zero attached hydrogens (tertiary/aromatic N) is 1. The minimum Gasteiger partial charge on any atom is -0.355 e. The first-order chi connectivity index (χ1) is 8.33. The fourth-order valence-electron chi connectivity index (χ4n) is 3.59. The van der Waals surface area contributed by atoms with Gasteiger partial charge in [-0.25, -0.2) is 0 Å². The summed E-state index contributed by atoms with van der Waals surface area (Å²) < 4.78 is 0. The van der Waals surface area contributed by atoms with Gasteiger partial charge in [0.15, 0.2) is 0 Å². The van der Waals surface area contributed by atoms with Gasteiger partial charge in [0.1, 0.15) is 0 Å². The van der Waals surface area contributed by atoms with Crippen LogP contribution in [0.3, 0.4) is 0 Å². The number of rotatable bonds is 4. The summed E-state index contributed by atoms with van der Waals surface area (Å²) >= 11 is 0. The summed E-state index contributed by atoms with van der Waals surface area (Å²) in [6.45, 7) is 4.28. The third-order valence-corrected chi connectivity index (χ3v) is 4.56. The van der Waals surface area contributed by atoms with E-state index in [2.05, 4.69) is 15.5 Å². The van der Waals surface area contributed by atoms with Crippen LogP contribution in [0.25, 0.3) is 0 Å². The molecule has 0 aromatic rings. The third-order valence-electron chi connectivity index (χ3n) is 4.56. The standard InChI is InChI=1S/C13H23N3O/c17-13(11-9-10-3-4-12(11)15-10)14-5-8-16-6-1-2-7-16/h10-12,15H,1-9H2,(H,14,17). The van der Waals surface area contributed by atoms with Crippen LogP contribution in [-0.4, -0.2) is 49.1 Å². The topological polar surface area (TPSA) is 44.4 Å². The average Bonchev–Trinajstić information content (AvgIpc) is 3.05. The van der Waals surface area contributed by atoms with Crippen molar-refractivity contribution in [3.8, 4) is 0 Å². The lowest BCUT2D eigenvalue weighted by molar-refractivity contribution is -0.125. The van der Waals surface area contributed by atoms with Crippen molar-refractivity contribution in [1.82, 2.24) is 15.5 Å². The molecule has 2 bridgehead atoms. The SMILES string of the molecule is O=C(NCCN1CCCC1)C1CC2CCC1N2. The molecule has 96 valence electrons. The second-order valence-electron chi connectivity index (χ2n) is 5.73. The molecule has 3 heterocycles. The van der Waals surface area contributed by atoms with Crippen LogP contribution in [0.2, 0.25) is 0 Å². The normalized spacial score (nSPS) is 36.6. The Morgan fingerprint density at radius 3 is 2.76 bits per heavy atom. The molecular weight excluding hydrogens is 214 g/mol. The Balaban J connectivity index is 1.38. The van der Waals surface area contributed by atoms with Crippen LogP contribution in [0.5, 0.6) is 0 Å². The largest absolute Gasteiger partial charge is 0.355 e. The smallest absolute Gasteiger partial charge is 0.224 e. The van der Waals surface area contributed by atoms with Gasteiger partial charge in [0.25, 0.3) is 0 Å². The lowest BCUT2D eigenvalue weighted by Crippen LogP contribution is -2.40. The third kappa shape index (κ3) is 2.47. The molecule has 0 saturated carbocycles. The van der Waals surface area contributed by atoms with Gasteiger partial charge in [0, 0.05) is 25.2 Å². The van der Waals surface area contributed by atoms with E-state index in [-0.39, 0.29) is 11.8 Å². The summed E-state index contributed by atoms with van der Waals surface area (Å²) in [5, 5.41) is 6.63. The minimum atomic E-state index is 0.243. The average molecular weight is 237 g/mol. The van der Waals surface area contributed by atoms with E-state index in [9.17, 15) is 4.79 Å². The highest BCUT2D eigenvalue weighted by Crippen LogP contribution is 2.33. The molecule has 4 nitrogen and oxygen atoms in total. The Hall–Kier alpha value is -0.610. The number of likely N-dealkylation sites (tertiary alicyclic amines) is 1. The van der Waals surface area contributed by atoms with Crippen molar-refractivity contribution >= 4 is 5.91 Å². The Bertz CT molecular complexity index is 288. The quantitative estimate of drug-likeness (QED) is 0.741. The molecule has 3 unspecified atom stereocenters. The molecule has 0 aromatic heterocycles. The number of hydrogen-bond donors (Lipinski definition) is 2. The zero-order chi connectivity index (χ0) is 11.7. The molecule has 2 N–H and O–H groups in total. The fourth-order valence-corrected chi connectivity index (χ4v) is 3.59. The van der Waals surface area contributed by atoms with Crippen molar-refractivity contribution in [3.63, 3.8) is 0 Å². The van der Waals surface area contributed by atoms with Gasteiger partial charge in [0.05, 0.1) is 5.92 Å². The van der Waals surface area contributed by atoms with Gasteiger partial charge < -0.3 is 15.5 Å². The number of fused-ring (bicyclic) bond motifs is 2. The molecule has 0 radical (unpaired) electrons.